The molecule has 0 aliphatic heterocycles. The van der Waals surface area contributed by atoms with Crippen LogP contribution >= 0.6 is 0 Å². The number of furan rings is 1. The standard InChI is InChI=1S/C12H12O2/c1-3-4-12-11-7-10(13-2)6-5-9(11)8-14-12/h3,5-8H,1,4H2,2H3. The third-order valence-corrected chi connectivity index (χ3v) is 2.22. The Morgan fingerprint density at radius 2 is 2.36 bits per heavy atom. The van der Waals surface area contributed by atoms with E-state index in [1.807, 2.05) is 24.3 Å². The van der Waals surface area contributed by atoms with E-state index in [4.69, 9.17) is 9.15 Å². The van der Waals surface area contributed by atoms with Gasteiger partial charge in [-0.3, -0.25) is 0 Å². The Balaban J connectivity index is 2.57. The molecule has 0 aliphatic carbocycles. The van der Waals surface area contributed by atoms with Crippen molar-refractivity contribution >= 4 is 10.8 Å². The van der Waals surface area contributed by atoms with Crippen molar-refractivity contribution in [2.45, 2.75) is 6.42 Å². The molecule has 72 valence electrons. The Kier molecular flexibility index (Phi) is 2.27. The maximum absolute atomic E-state index is 5.43. The number of hydrogen-bond donors (Lipinski definition) is 0. The minimum atomic E-state index is 0.747. The molecule has 2 nitrogen and oxygen atoms in total. The first kappa shape index (κ1) is 8.88. The molecule has 0 saturated heterocycles. The van der Waals surface area contributed by atoms with Gasteiger partial charge in [0, 0.05) is 17.2 Å². The first-order chi connectivity index (χ1) is 6.85. The quantitative estimate of drug-likeness (QED) is 0.690. The third-order valence-electron chi connectivity index (χ3n) is 2.22. The monoisotopic (exact) mass is 188 g/mol. The number of allylic oxidation sites excluding steroid dienone is 1. The molecule has 2 aromatic rings. The first-order valence-electron chi connectivity index (χ1n) is 4.50. The summed E-state index contributed by atoms with van der Waals surface area (Å²) in [7, 11) is 1.66. The minimum Gasteiger partial charge on any atom is -0.497 e. The molecule has 1 aromatic heterocycles. The summed E-state index contributed by atoms with van der Waals surface area (Å²) >= 11 is 0. The van der Waals surface area contributed by atoms with E-state index in [1.54, 1.807) is 13.4 Å². The highest BCUT2D eigenvalue weighted by atomic mass is 16.5. The van der Waals surface area contributed by atoms with Gasteiger partial charge in [0.1, 0.15) is 11.5 Å². The van der Waals surface area contributed by atoms with Crippen molar-refractivity contribution in [3.63, 3.8) is 0 Å². The number of rotatable bonds is 3. The van der Waals surface area contributed by atoms with Crippen molar-refractivity contribution in [2.75, 3.05) is 7.11 Å². The summed E-state index contributed by atoms with van der Waals surface area (Å²) in [5.74, 6) is 1.79. The summed E-state index contributed by atoms with van der Waals surface area (Å²) in [5.41, 5.74) is 0. The van der Waals surface area contributed by atoms with E-state index in [-0.39, 0.29) is 0 Å². The van der Waals surface area contributed by atoms with Crippen LogP contribution in [0.1, 0.15) is 5.76 Å². The van der Waals surface area contributed by atoms with Crippen molar-refractivity contribution < 1.29 is 9.15 Å². The Morgan fingerprint density at radius 1 is 1.50 bits per heavy atom. The summed E-state index contributed by atoms with van der Waals surface area (Å²) in [4.78, 5) is 0. The van der Waals surface area contributed by atoms with Crippen molar-refractivity contribution in [3.8, 4) is 5.75 Å². The fraction of sp³-hybridized carbons (Fsp3) is 0.167. The lowest BCUT2D eigenvalue weighted by Crippen LogP contribution is -1.82. The maximum atomic E-state index is 5.43. The van der Waals surface area contributed by atoms with E-state index in [1.165, 1.54) is 0 Å². The van der Waals surface area contributed by atoms with Gasteiger partial charge in [-0.2, -0.15) is 0 Å². The lowest BCUT2D eigenvalue weighted by atomic mass is 10.1. The van der Waals surface area contributed by atoms with Crippen LogP contribution in [0.15, 0.2) is 41.5 Å². The van der Waals surface area contributed by atoms with E-state index in [9.17, 15) is 0 Å². The Hall–Kier alpha value is -1.70. The molecule has 0 radical (unpaired) electrons. The molecule has 1 heterocycles. The second-order valence-corrected chi connectivity index (χ2v) is 3.10. The van der Waals surface area contributed by atoms with Gasteiger partial charge in [-0.15, -0.1) is 6.58 Å². The van der Waals surface area contributed by atoms with Crippen molar-refractivity contribution in [2.24, 2.45) is 0 Å². The molecule has 0 unspecified atom stereocenters. The van der Waals surface area contributed by atoms with Crippen LogP contribution in [0.3, 0.4) is 0 Å². The Labute approximate surface area is 82.8 Å². The van der Waals surface area contributed by atoms with Gasteiger partial charge in [0.15, 0.2) is 0 Å². The fourth-order valence-electron chi connectivity index (χ4n) is 1.49. The van der Waals surface area contributed by atoms with Gasteiger partial charge in [-0.05, 0) is 18.2 Å². The highest BCUT2D eigenvalue weighted by molar-refractivity contribution is 5.85. The lowest BCUT2D eigenvalue weighted by Gasteiger charge is -1.98. The highest BCUT2D eigenvalue weighted by Crippen LogP contribution is 2.26. The average Bonchev–Trinajstić information content (AvgIpc) is 2.61. The van der Waals surface area contributed by atoms with Crippen LogP contribution < -0.4 is 4.74 Å². The molecule has 2 rings (SSSR count). The molecule has 0 atom stereocenters. The summed E-state index contributed by atoms with van der Waals surface area (Å²) in [6, 6.07) is 5.90. The van der Waals surface area contributed by atoms with Gasteiger partial charge in [0.25, 0.3) is 0 Å². The summed E-state index contributed by atoms with van der Waals surface area (Å²) in [6.45, 7) is 3.69. The topological polar surface area (TPSA) is 22.4 Å². The van der Waals surface area contributed by atoms with E-state index in [0.29, 0.717) is 0 Å². The van der Waals surface area contributed by atoms with Crippen LogP contribution in [0.2, 0.25) is 0 Å². The number of hydrogen-bond acceptors (Lipinski definition) is 2. The maximum Gasteiger partial charge on any atom is 0.119 e. The van der Waals surface area contributed by atoms with Crippen LogP contribution in [0, 0.1) is 0 Å². The minimum absolute atomic E-state index is 0.747. The molecule has 0 spiro atoms. The zero-order chi connectivity index (χ0) is 9.97. The van der Waals surface area contributed by atoms with Crippen LogP contribution in [-0.2, 0) is 6.42 Å². The smallest absolute Gasteiger partial charge is 0.119 e. The predicted octanol–water partition coefficient (Wildman–Crippen LogP) is 3.17. The van der Waals surface area contributed by atoms with Crippen LogP contribution in [0.25, 0.3) is 10.8 Å². The zero-order valence-corrected chi connectivity index (χ0v) is 8.12. The molecule has 0 N–H and O–H groups in total. The van der Waals surface area contributed by atoms with E-state index in [2.05, 4.69) is 6.58 Å². The molecule has 0 bridgehead atoms. The third kappa shape index (κ3) is 1.39. The van der Waals surface area contributed by atoms with Crippen molar-refractivity contribution in [1.82, 2.24) is 0 Å². The molecule has 0 fully saturated rings. The summed E-state index contributed by atoms with van der Waals surface area (Å²) in [5, 5.41) is 2.20. The number of benzene rings is 1. The zero-order valence-electron chi connectivity index (χ0n) is 8.12. The highest BCUT2D eigenvalue weighted by Gasteiger charge is 2.05. The SMILES string of the molecule is C=CCc1occ2ccc(OC)cc12. The summed E-state index contributed by atoms with van der Waals surface area (Å²) in [6.07, 6.45) is 4.34. The fourth-order valence-corrected chi connectivity index (χ4v) is 1.49. The van der Waals surface area contributed by atoms with Gasteiger partial charge in [-0.1, -0.05) is 6.08 Å². The molecule has 1 aromatic carbocycles. The average molecular weight is 188 g/mol. The molecule has 0 amide bonds. The van der Waals surface area contributed by atoms with Crippen molar-refractivity contribution in [1.29, 1.82) is 0 Å². The van der Waals surface area contributed by atoms with Gasteiger partial charge >= 0.3 is 0 Å². The molecular formula is C12H12O2. The normalized spacial score (nSPS) is 10.4. The second-order valence-electron chi connectivity index (χ2n) is 3.10. The Bertz CT molecular complexity index is 454. The second kappa shape index (κ2) is 3.58. The van der Waals surface area contributed by atoms with Crippen LogP contribution in [0.5, 0.6) is 5.75 Å². The lowest BCUT2D eigenvalue weighted by molar-refractivity contribution is 0.415. The predicted molar refractivity (Wildman–Crippen MR) is 56.7 cm³/mol. The molecule has 0 aliphatic rings. The molecule has 0 saturated carbocycles. The molecule has 14 heavy (non-hydrogen) atoms. The van der Waals surface area contributed by atoms with Crippen molar-refractivity contribution in [3.05, 3.63) is 42.9 Å². The van der Waals surface area contributed by atoms with Crippen LogP contribution in [0.4, 0.5) is 0 Å². The number of ether oxygens (including phenoxy) is 1. The summed E-state index contributed by atoms with van der Waals surface area (Å²) < 4.78 is 10.6. The van der Waals surface area contributed by atoms with Gasteiger partial charge in [0.05, 0.1) is 13.4 Å². The number of methoxy groups -OCH3 is 1. The van der Waals surface area contributed by atoms with E-state index in [0.717, 1.165) is 28.7 Å². The number of fused-ring (bicyclic) bond motifs is 1. The van der Waals surface area contributed by atoms with Crippen LogP contribution in [-0.4, -0.2) is 7.11 Å². The molecular weight excluding hydrogens is 176 g/mol. The van der Waals surface area contributed by atoms with Gasteiger partial charge < -0.3 is 9.15 Å². The van der Waals surface area contributed by atoms with Gasteiger partial charge in [-0.25, -0.2) is 0 Å². The van der Waals surface area contributed by atoms with Gasteiger partial charge in [0.2, 0.25) is 0 Å². The Morgan fingerprint density at radius 3 is 3.07 bits per heavy atom. The largest absolute Gasteiger partial charge is 0.497 e. The van der Waals surface area contributed by atoms with E-state index < -0.39 is 0 Å². The van der Waals surface area contributed by atoms with E-state index >= 15 is 0 Å². The molecule has 2 heteroatoms. The first-order valence-corrected chi connectivity index (χ1v) is 4.50.